The molecule has 0 saturated carbocycles. The summed E-state index contributed by atoms with van der Waals surface area (Å²) >= 11 is 0. The van der Waals surface area contributed by atoms with Gasteiger partial charge in [-0.3, -0.25) is 14.7 Å². The molecule has 1 amide bonds. The molecule has 1 unspecified atom stereocenters. The molecule has 2 aliphatic heterocycles. The smallest absolute Gasteiger partial charge is 0.224 e. The van der Waals surface area contributed by atoms with Gasteiger partial charge in [0.15, 0.2) is 5.96 Å². The van der Waals surface area contributed by atoms with Gasteiger partial charge in [0.2, 0.25) is 5.91 Å². The van der Waals surface area contributed by atoms with Crippen LogP contribution in [0.5, 0.6) is 5.75 Å². The number of guanidine groups is 1. The Labute approximate surface area is 190 Å². The number of amides is 1. The van der Waals surface area contributed by atoms with E-state index in [0.29, 0.717) is 25.6 Å². The fraction of sp³-hybridized carbons (Fsp3) is 0.440. The van der Waals surface area contributed by atoms with Crippen LogP contribution in [0.3, 0.4) is 0 Å². The van der Waals surface area contributed by atoms with Crippen molar-refractivity contribution in [1.82, 2.24) is 15.5 Å². The maximum absolute atomic E-state index is 11.5. The highest BCUT2D eigenvalue weighted by Gasteiger charge is 2.24. The third-order valence-corrected chi connectivity index (χ3v) is 6.09. The molecule has 0 aliphatic carbocycles. The Hall–Kier alpha value is -3.06. The van der Waals surface area contributed by atoms with Gasteiger partial charge in [-0.15, -0.1) is 0 Å². The summed E-state index contributed by atoms with van der Waals surface area (Å²) in [6.45, 7) is 4.22. The van der Waals surface area contributed by atoms with Gasteiger partial charge >= 0.3 is 0 Å². The predicted molar refractivity (Wildman–Crippen MR) is 128 cm³/mol. The molecule has 1 atom stereocenters. The van der Waals surface area contributed by atoms with Gasteiger partial charge in [0.1, 0.15) is 12.4 Å². The lowest BCUT2D eigenvalue weighted by Gasteiger charge is -2.25. The van der Waals surface area contributed by atoms with E-state index in [1.54, 1.807) is 7.05 Å². The number of nitrogens with one attached hydrogen (secondary N) is 3. The molecule has 1 saturated heterocycles. The average Bonchev–Trinajstić information content (AvgIpc) is 3.26. The number of carbonyl (C=O) groups excluding carboxylic acids is 1. The van der Waals surface area contributed by atoms with E-state index >= 15 is 0 Å². The molecule has 32 heavy (non-hydrogen) atoms. The number of aryl methyl sites for hydroxylation is 1. The fourth-order valence-corrected chi connectivity index (χ4v) is 4.38. The molecule has 0 aromatic heterocycles. The molecule has 2 aromatic carbocycles. The van der Waals surface area contributed by atoms with Crippen LogP contribution < -0.4 is 20.7 Å². The Kier molecular flexibility index (Phi) is 7.61. The zero-order valence-electron chi connectivity index (χ0n) is 18.8. The number of likely N-dealkylation sites (tertiary alicyclic amines) is 1. The van der Waals surface area contributed by atoms with Gasteiger partial charge in [0.05, 0.1) is 6.54 Å². The van der Waals surface area contributed by atoms with Crippen LogP contribution in [0, 0.1) is 0 Å². The first-order valence-electron chi connectivity index (χ1n) is 11.5. The minimum Gasteiger partial charge on any atom is -0.492 e. The molecule has 7 nitrogen and oxygen atoms in total. The first-order chi connectivity index (χ1) is 15.7. The van der Waals surface area contributed by atoms with Gasteiger partial charge in [0, 0.05) is 38.3 Å². The number of aliphatic imine (C=N–C) groups is 1. The molecule has 2 aromatic rings. The molecule has 2 aliphatic rings. The van der Waals surface area contributed by atoms with Crippen molar-refractivity contribution in [3.63, 3.8) is 0 Å². The lowest BCUT2D eigenvalue weighted by atomic mass is 10.0. The minimum atomic E-state index is 0.0787. The van der Waals surface area contributed by atoms with Crippen molar-refractivity contribution in [2.24, 2.45) is 4.99 Å². The summed E-state index contributed by atoms with van der Waals surface area (Å²) in [5.41, 5.74) is 3.39. The molecular formula is C25H33N5O2. The number of rotatable bonds is 8. The number of fused-ring (bicyclic) bond motifs is 1. The molecule has 1 fully saturated rings. The fourth-order valence-electron chi connectivity index (χ4n) is 4.38. The largest absolute Gasteiger partial charge is 0.492 e. The lowest BCUT2D eigenvalue weighted by Crippen LogP contribution is -2.45. The monoisotopic (exact) mass is 435 g/mol. The van der Waals surface area contributed by atoms with Crippen molar-refractivity contribution in [3.8, 4) is 5.75 Å². The van der Waals surface area contributed by atoms with E-state index in [1.165, 1.54) is 18.4 Å². The van der Waals surface area contributed by atoms with E-state index in [-0.39, 0.29) is 5.91 Å². The summed E-state index contributed by atoms with van der Waals surface area (Å²) in [5.74, 6) is 1.70. The molecule has 2 heterocycles. The van der Waals surface area contributed by atoms with Crippen LogP contribution in [0.25, 0.3) is 0 Å². The van der Waals surface area contributed by atoms with Gasteiger partial charge < -0.3 is 20.7 Å². The van der Waals surface area contributed by atoms with Gasteiger partial charge in [-0.25, -0.2) is 0 Å². The number of anilines is 1. The molecule has 3 N–H and O–H groups in total. The van der Waals surface area contributed by atoms with E-state index in [4.69, 9.17) is 4.74 Å². The highest BCUT2D eigenvalue weighted by molar-refractivity contribution is 5.94. The Morgan fingerprint density at radius 2 is 2.06 bits per heavy atom. The molecule has 0 bridgehead atoms. The van der Waals surface area contributed by atoms with Crippen molar-refractivity contribution in [2.45, 2.75) is 38.3 Å². The summed E-state index contributed by atoms with van der Waals surface area (Å²) in [6, 6.07) is 17.0. The zero-order chi connectivity index (χ0) is 22.2. The summed E-state index contributed by atoms with van der Waals surface area (Å²) in [7, 11) is 1.80. The number of nitrogens with zero attached hydrogens (tertiary/aromatic N) is 2. The predicted octanol–water partition coefficient (Wildman–Crippen LogP) is 2.78. The summed E-state index contributed by atoms with van der Waals surface area (Å²) in [6.07, 6.45) is 3.74. The van der Waals surface area contributed by atoms with Crippen LogP contribution in [0.2, 0.25) is 0 Å². The van der Waals surface area contributed by atoms with Crippen LogP contribution >= 0.6 is 0 Å². The quantitative estimate of drug-likeness (QED) is 0.338. The molecular weight excluding hydrogens is 402 g/mol. The number of hydrogen-bond acceptors (Lipinski definition) is 4. The van der Waals surface area contributed by atoms with E-state index in [0.717, 1.165) is 49.0 Å². The second-order valence-electron chi connectivity index (χ2n) is 8.35. The molecule has 7 heteroatoms. The second kappa shape index (κ2) is 11.0. The van der Waals surface area contributed by atoms with Crippen molar-refractivity contribution >= 4 is 17.6 Å². The molecule has 0 radical (unpaired) electrons. The Balaban J connectivity index is 1.18. The van der Waals surface area contributed by atoms with Crippen LogP contribution in [0.15, 0.2) is 53.5 Å². The van der Waals surface area contributed by atoms with Crippen LogP contribution in [-0.2, 0) is 17.8 Å². The van der Waals surface area contributed by atoms with Crippen molar-refractivity contribution in [1.29, 1.82) is 0 Å². The third-order valence-electron chi connectivity index (χ3n) is 6.09. The van der Waals surface area contributed by atoms with Crippen molar-refractivity contribution in [3.05, 3.63) is 59.7 Å². The van der Waals surface area contributed by atoms with Gasteiger partial charge in [-0.2, -0.15) is 0 Å². The standard InChI is InChI=1S/C25H33N5O2/c1-26-25(28-17-21-8-5-14-30(21)18-19-6-3-2-4-7-19)27-13-15-32-22-10-11-23-20(16-22)9-12-24(31)29-23/h2-4,6-7,10-11,16,21H,5,8-9,12-15,17-18H2,1H3,(H,29,31)(H2,26,27,28). The maximum atomic E-state index is 11.5. The topological polar surface area (TPSA) is 78.0 Å². The van der Waals surface area contributed by atoms with E-state index in [2.05, 4.69) is 56.2 Å². The molecule has 4 rings (SSSR count). The third kappa shape index (κ3) is 6.01. The Bertz CT molecular complexity index is 931. The molecule has 0 spiro atoms. The van der Waals surface area contributed by atoms with Crippen LogP contribution in [0.1, 0.15) is 30.4 Å². The minimum absolute atomic E-state index is 0.0787. The van der Waals surface area contributed by atoms with Gasteiger partial charge in [-0.1, -0.05) is 30.3 Å². The SMILES string of the molecule is CN=C(NCCOc1ccc2c(c1)CCC(=O)N2)NCC1CCCN1Cc1ccccc1. The maximum Gasteiger partial charge on any atom is 0.224 e. The first-order valence-corrected chi connectivity index (χ1v) is 11.5. The second-order valence-corrected chi connectivity index (χ2v) is 8.35. The highest BCUT2D eigenvalue weighted by atomic mass is 16.5. The van der Waals surface area contributed by atoms with Crippen LogP contribution in [0.4, 0.5) is 5.69 Å². The Morgan fingerprint density at radius 3 is 2.91 bits per heavy atom. The van der Waals surface area contributed by atoms with E-state index < -0.39 is 0 Å². The highest BCUT2D eigenvalue weighted by Crippen LogP contribution is 2.26. The summed E-state index contributed by atoms with van der Waals surface area (Å²) in [5, 5.41) is 9.70. The summed E-state index contributed by atoms with van der Waals surface area (Å²) < 4.78 is 5.89. The van der Waals surface area contributed by atoms with E-state index in [1.807, 2.05) is 18.2 Å². The number of hydrogen-bond donors (Lipinski definition) is 3. The average molecular weight is 436 g/mol. The van der Waals surface area contributed by atoms with E-state index in [9.17, 15) is 4.79 Å². The van der Waals surface area contributed by atoms with Gasteiger partial charge in [0.25, 0.3) is 0 Å². The number of ether oxygens (including phenoxy) is 1. The first kappa shape index (κ1) is 22.1. The van der Waals surface area contributed by atoms with Crippen molar-refractivity contribution in [2.75, 3.05) is 38.6 Å². The summed E-state index contributed by atoms with van der Waals surface area (Å²) in [4.78, 5) is 18.4. The van der Waals surface area contributed by atoms with Crippen LogP contribution in [-0.4, -0.2) is 56.1 Å². The lowest BCUT2D eigenvalue weighted by molar-refractivity contribution is -0.116. The Morgan fingerprint density at radius 1 is 1.19 bits per heavy atom. The van der Waals surface area contributed by atoms with Gasteiger partial charge in [-0.05, 0) is 55.1 Å². The normalized spacial score (nSPS) is 18.7. The zero-order valence-corrected chi connectivity index (χ0v) is 18.8. The molecule has 170 valence electrons. The number of benzene rings is 2. The number of carbonyl (C=O) groups is 1. The van der Waals surface area contributed by atoms with Crippen molar-refractivity contribution < 1.29 is 9.53 Å².